The third kappa shape index (κ3) is 4.97. The van der Waals surface area contributed by atoms with Crippen LogP contribution in [0.4, 0.5) is 5.69 Å². The van der Waals surface area contributed by atoms with Crippen LogP contribution in [0.25, 0.3) is 0 Å². The molecule has 0 spiro atoms. The van der Waals surface area contributed by atoms with E-state index in [2.05, 4.69) is 5.32 Å². The van der Waals surface area contributed by atoms with Gasteiger partial charge in [-0.3, -0.25) is 4.79 Å². The molecule has 0 unspecified atom stereocenters. The minimum Gasteiger partial charge on any atom is -0.379 e. The molecule has 0 bridgehead atoms. The van der Waals surface area contributed by atoms with Crippen LogP contribution in [0.1, 0.15) is 43.4 Å². The summed E-state index contributed by atoms with van der Waals surface area (Å²) in [4.78, 5) is 12.5. The van der Waals surface area contributed by atoms with Crippen LogP contribution in [0.15, 0.2) is 47.4 Å². The van der Waals surface area contributed by atoms with Gasteiger partial charge in [0.05, 0.1) is 22.3 Å². The van der Waals surface area contributed by atoms with E-state index in [4.69, 9.17) is 5.26 Å². The molecule has 0 aliphatic heterocycles. The second-order valence-electron chi connectivity index (χ2n) is 7.35. The average Bonchev–Trinajstić information content (AvgIpc) is 2.61. The van der Waals surface area contributed by atoms with Gasteiger partial charge in [0.2, 0.25) is 0 Å². The number of carbonyl (C=O) groups excluding carboxylic acids is 1. The molecule has 148 valence electrons. The first-order chi connectivity index (χ1) is 13.0. The van der Waals surface area contributed by atoms with Crippen LogP contribution in [0.3, 0.4) is 0 Å². The lowest BCUT2D eigenvalue weighted by Crippen LogP contribution is -2.45. The van der Waals surface area contributed by atoms with Crippen molar-refractivity contribution in [3.05, 3.63) is 59.2 Å². The maximum Gasteiger partial charge on any atom is 0.257 e. The van der Waals surface area contributed by atoms with Crippen LogP contribution in [0.5, 0.6) is 0 Å². The molecule has 2 rings (SSSR count). The van der Waals surface area contributed by atoms with Crippen LogP contribution in [-0.4, -0.2) is 30.8 Å². The predicted octanol–water partition coefficient (Wildman–Crippen LogP) is 3.15. The van der Waals surface area contributed by atoms with Gasteiger partial charge < -0.3 is 10.4 Å². The zero-order valence-electron chi connectivity index (χ0n) is 16.4. The summed E-state index contributed by atoms with van der Waals surface area (Å²) in [5.74, 6) is -1.32. The van der Waals surface area contributed by atoms with Crippen molar-refractivity contribution < 1.29 is 18.3 Å². The van der Waals surface area contributed by atoms with E-state index < -0.39 is 27.1 Å². The lowest BCUT2D eigenvalue weighted by atomic mass is 10.0. The van der Waals surface area contributed by atoms with Gasteiger partial charge in [-0.1, -0.05) is 26.0 Å². The van der Waals surface area contributed by atoms with Crippen molar-refractivity contribution in [1.29, 1.82) is 5.26 Å². The number of aliphatic hydroxyl groups is 1. The van der Waals surface area contributed by atoms with Gasteiger partial charge in [-0.15, -0.1) is 0 Å². The van der Waals surface area contributed by atoms with Gasteiger partial charge >= 0.3 is 0 Å². The fourth-order valence-corrected chi connectivity index (χ4v) is 4.30. The average molecular weight is 401 g/mol. The van der Waals surface area contributed by atoms with Crippen molar-refractivity contribution >= 4 is 21.4 Å². The summed E-state index contributed by atoms with van der Waals surface area (Å²) in [5.41, 5.74) is 0.382. The molecular formula is C21H24N2O4S. The largest absolute Gasteiger partial charge is 0.379 e. The van der Waals surface area contributed by atoms with Gasteiger partial charge in [0.15, 0.2) is 15.4 Å². The van der Waals surface area contributed by atoms with E-state index in [1.54, 1.807) is 31.2 Å². The van der Waals surface area contributed by atoms with Gasteiger partial charge in [0, 0.05) is 5.69 Å². The molecule has 28 heavy (non-hydrogen) atoms. The summed E-state index contributed by atoms with van der Waals surface area (Å²) in [7, 11) is -3.87. The monoisotopic (exact) mass is 400 g/mol. The first-order valence-corrected chi connectivity index (χ1v) is 10.5. The third-order valence-corrected chi connectivity index (χ3v) is 6.40. The predicted molar refractivity (Wildman–Crippen MR) is 108 cm³/mol. The van der Waals surface area contributed by atoms with Crippen LogP contribution in [0, 0.1) is 18.3 Å². The molecule has 2 N–H and O–H groups in total. The Morgan fingerprint density at radius 2 is 1.82 bits per heavy atom. The first kappa shape index (κ1) is 21.6. The molecule has 2 aromatic carbocycles. The lowest BCUT2D eigenvalue weighted by molar-refractivity contribution is -0.130. The highest BCUT2D eigenvalue weighted by atomic mass is 32.2. The number of benzene rings is 2. The van der Waals surface area contributed by atoms with E-state index in [-0.39, 0.29) is 10.8 Å². The molecule has 6 nitrogen and oxygen atoms in total. The van der Waals surface area contributed by atoms with Crippen molar-refractivity contribution in [2.45, 2.75) is 44.1 Å². The SMILES string of the molecule is Cc1cc(NC(=O)[C@](C)(O)CS(=O)(=O)c2ccc(C(C)C)cc2)ccc1C#N. The number of hydrogen-bond donors (Lipinski definition) is 2. The number of nitriles is 1. The molecule has 1 atom stereocenters. The zero-order chi connectivity index (χ0) is 21.1. The van der Waals surface area contributed by atoms with E-state index in [9.17, 15) is 18.3 Å². The van der Waals surface area contributed by atoms with Gasteiger partial charge in [-0.05, 0) is 61.2 Å². The van der Waals surface area contributed by atoms with E-state index in [0.717, 1.165) is 5.56 Å². The normalized spacial score (nSPS) is 13.6. The molecular weight excluding hydrogens is 376 g/mol. The summed E-state index contributed by atoms with van der Waals surface area (Å²) in [6.07, 6.45) is 0. The maximum absolute atomic E-state index is 12.6. The summed E-state index contributed by atoms with van der Waals surface area (Å²) in [6, 6.07) is 13.1. The van der Waals surface area contributed by atoms with E-state index >= 15 is 0 Å². The topological polar surface area (TPSA) is 107 Å². The highest BCUT2D eigenvalue weighted by Crippen LogP contribution is 2.22. The Kier molecular flexibility index (Phi) is 6.27. The summed E-state index contributed by atoms with van der Waals surface area (Å²) < 4.78 is 25.3. The zero-order valence-corrected chi connectivity index (χ0v) is 17.2. The van der Waals surface area contributed by atoms with Crippen molar-refractivity contribution in [1.82, 2.24) is 0 Å². The van der Waals surface area contributed by atoms with Crippen LogP contribution < -0.4 is 5.32 Å². The molecule has 0 aromatic heterocycles. The van der Waals surface area contributed by atoms with Gasteiger partial charge in [-0.25, -0.2) is 8.42 Å². The van der Waals surface area contributed by atoms with E-state index in [1.165, 1.54) is 25.1 Å². The Hall–Kier alpha value is -2.69. The van der Waals surface area contributed by atoms with Crippen molar-refractivity contribution in [3.8, 4) is 6.07 Å². The van der Waals surface area contributed by atoms with Crippen molar-refractivity contribution in [3.63, 3.8) is 0 Å². The van der Waals surface area contributed by atoms with Crippen LogP contribution >= 0.6 is 0 Å². The fourth-order valence-electron chi connectivity index (χ4n) is 2.71. The molecule has 0 aliphatic rings. The number of nitrogens with zero attached hydrogens (tertiary/aromatic N) is 1. The maximum atomic E-state index is 12.6. The Labute approximate surface area is 165 Å². The minimum absolute atomic E-state index is 0.0548. The van der Waals surface area contributed by atoms with Gasteiger partial charge in [-0.2, -0.15) is 5.26 Å². The molecule has 0 radical (unpaired) electrons. The number of sulfone groups is 1. The number of hydrogen-bond acceptors (Lipinski definition) is 5. The van der Waals surface area contributed by atoms with Crippen molar-refractivity contribution in [2.24, 2.45) is 0 Å². The Bertz CT molecular complexity index is 1020. The highest BCUT2D eigenvalue weighted by molar-refractivity contribution is 7.91. The molecule has 7 heteroatoms. The van der Waals surface area contributed by atoms with Crippen molar-refractivity contribution in [2.75, 3.05) is 11.1 Å². The second-order valence-corrected chi connectivity index (χ2v) is 9.34. The number of aryl methyl sites for hydroxylation is 1. The standard InChI is InChI=1S/C21H24N2O4S/c1-14(2)16-6-9-19(10-7-16)28(26,27)13-21(4,25)20(24)23-18-8-5-17(12-22)15(3)11-18/h5-11,14,25H,13H2,1-4H3,(H,23,24)/t21-/m1/s1. The number of nitrogens with one attached hydrogen (secondary N) is 1. The second kappa shape index (κ2) is 8.13. The molecule has 0 heterocycles. The highest BCUT2D eigenvalue weighted by Gasteiger charge is 2.36. The number of amides is 1. The molecule has 0 saturated carbocycles. The summed E-state index contributed by atoms with van der Waals surface area (Å²) >= 11 is 0. The quantitative estimate of drug-likeness (QED) is 0.774. The number of carbonyl (C=O) groups is 1. The van der Waals surface area contributed by atoms with Crippen LogP contribution in [-0.2, 0) is 14.6 Å². The lowest BCUT2D eigenvalue weighted by Gasteiger charge is -2.22. The molecule has 0 fully saturated rings. The van der Waals surface area contributed by atoms with Crippen LogP contribution in [0.2, 0.25) is 0 Å². The smallest absolute Gasteiger partial charge is 0.257 e. The first-order valence-electron chi connectivity index (χ1n) is 8.83. The fraction of sp³-hybridized carbons (Fsp3) is 0.333. The molecule has 2 aromatic rings. The number of rotatable bonds is 6. The Balaban J connectivity index is 2.17. The molecule has 0 aliphatic carbocycles. The van der Waals surface area contributed by atoms with Gasteiger partial charge in [0.25, 0.3) is 5.91 Å². The van der Waals surface area contributed by atoms with Gasteiger partial charge in [0.1, 0.15) is 0 Å². The van der Waals surface area contributed by atoms with E-state index in [1.807, 2.05) is 19.9 Å². The minimum atomic E-state index is -3.87. The third-order valence-electron chi connectivity index (χ3n) is 4.47. The Morgan fingerprint density at radius 3 is 2.32 bits per heavy atom. The molecule has 1 amide bonds. The summed E-state index contributed by atoms with van der Waals surface area (Å²) in [5, 5.41) is 22.0. The Morgan fingerprint density at radius 1 is 1.21 bits per heavy atom. The van der Waals surface area contributed by atoms with E-state index in [0.29, 0.717) is 16.8 Å². The summed E-state index contributed by atoms with van der Waals surface area (Å²) in [6.45, 7) is 6.89. The number of anilines is 1. The molecule has 0 saturated heterocycles.